The minimum absolute atomic E-state index is 0.0600. The monoisotopic (exact) mass is 354 g/mol. The number of hydrogen-bond donors (Lipinski definition) is 3. The fourth-order valence-corrected chi connectivity index (χ4v) is 2.71. The van der Waals surface area contributed by atoms with Crippen molar-refractivity contribution in [1.82, 2.24) is 10.2 Å². The molecule has 0 aliphatic carbocycles. The van der Waals surface area contributed by atoms with Crippen molar-refractivity contribution >= 4 is 39.1 Å². The molecule has 0 saturated carbocycles. The molecule has 4 N–H and O–H groups in total. The molecule has 1 aliphatic heterocycles. The fraction of sp³-hybridized carbons (Fsp3) is 0.429. The highest BCUT2D eigenvalue weighted by Gasteiger charge is 2.38. The molecule has 1 heterocycles. The second kappa shape index (κ2) is 6.03. The van der Waals surface area contributed by atoms with Crippen LogP contribution in [0.5, 0.6) is 0 Å². The van der Waals surface area contributed by atoms with Gasteiger partial charge in [-0.15, -0.1) is 0 Å². The molecule has 1 fully saturated rings. The van der Waals surface area contributed by atoms with Crippen molar-refractivity contribution in [2.24, 2.45) is 0 Å². The molecule has 0 aromatic heterocycles. The van der Waals surface area contributed by atoms with Crippen molar-refractivity contribution in [1.29, 1.82) is 0 Å². The number of hydrogen-bond acceptors (Lipinski definition) is 4. The molecule has 21 heavy (non-hydrogen) atoms. The molecule has 2 rings (SSSR count). The molecule has 0 radical (unpaired) electrons. The Morgan fingerprint density at radius 1 is 1.52 bits per heavy atom. The van der Waals surface area contributed by atoms with Crippen LogP contribution in [0.15, 0.2) is 22.7 Å². The van der Waals surface area contributed by atoms with Crippen LogP contribution < -0.4 is 16.4 Å². The molecule has 1 aromatic carbocycles. The highest BCUT2D eigenvalue weighted by molar-refractivity contribution is 9.10. The van der Waals surface area contributed by atoms with Crippen LogP contribution in [-0.4, -0.2) is 41.9 Å². The van der Waals surface area contributed by atoms with Gasteiger partial charge in [0.1, 0.15) is 0 Å². The Morgan fingerprint density at radius 3 is 2.90 bits per heavy atom. The lowest BCUT2D eigenvalue weighted by molar-refractivity contribution is -0.136. The van der Waals surface area contributed by atoms with Crippen LogP contribution in [0.2, 0.25) is 0 Å². The maximum absolute atomic E-state index is 12.2. The van der Waals surface area contributed by atoms with Gasteiger partial charge in [-0.1, -0.05) is 0 Å². The first-order valence-electron chi connectivity index (χ1n) is 6.69. The van der Waals surface area contributed by atoms with Gasteiger partial charge in [0.2, 0.25) is 11.8 Å². The van der Waals surface area contributed by atoms with Crippen molar-refractivity contribution in [3.8, 4) is 0 Å². The minimum atomic E-state index is -0.687. The summed E-state index contributed by atoms with van der Waals surface area (Å²) in [5, 5.41) is 5.63. The zero-order valence-corrected chi connectivity index (χ0v) is 13.7. The molecular weight excluding hydrogens is 336 g/mol. The van der Waals surface area contributed by atoms with Crippen LogP contribution in [0.4, 0.5) is 11.4 Å². The summed E-state index contributed by atoms with van der Waals surface area (Å²) in [7, 11) is 0. The largest absolute Gasteiger partial charge is 0.399 e. The standard InChI is InChI=1S/C14H19BrN4O2/c1-14(2)13(21)17-5-6-19(14)8-12(20)18-11-4-3-9(16)7-10(11)15/h3-4,7H,5-6,8,16H2,1-2H3,(H,17,21)(H,18,20). The van der Waals surface area contributed by atoms with Crippen LogP contribution in [0.3, 0.4) is 0 Å². The first-order valence-corrected chi connectivity index (χ1v) is 7.48. The molecule has 114 valence electrons. The molecular formula is C14H19BrN4O2. The first kappa shape index (κ1) is 15.8. The van der Waals surface area contributed by atoms with E-state index >= 15 is 0 Å². The molecule has 1 aromatic rings. The van der Waals surface area contributed by atoms with Crippen molar-refractivity contribution in [2.75, 3.05) is 30.7 Å². The summed E-state index contributed by atoms with van der Waals surface area (Å²) in [4.78, 5) is 25.9. The van der Waals surface area contributed by atoms with Crippen LogP contribution in [0.1, 0.15) is 13.8 Å². The number of nitrogens with zero attached hydrogens (tertiary/aromatic N) is 1. The molecule has 1 aliphatic rings. The summed E-state index contributed by atoms with van der Waals surface area (Å²) in [5.74, 6) is -0.224. The van der Waals surface area contributed by atoms with E-state index in [9.17, 15) is 9.59 Å². The number of piperazine rings is 1. The third-order valence-electron chi connectivity index (χ3n) is 3.62. The number of halogens is 1. The van der Waals surface area contributed by atoms with Crippen molar-refractivity contribution in [2.45, 2.75) is 19.4 Å². The predicted molar refractivity (Wildman–Crippen MR) is 85.8 cm³/mol. The molecule has 0 atom stereocenters. The normalized spacial score (nSPS) is 18.1. The van der Waals surface area contributed by atoms with Crippen LogP contribution in [0.25, 0.3) is 0 Å². The summed E-state index contributed by atoms with van der Waals surface area (Å²) in [6.07, 6.45) is 0. The van der Waals surface area contributed by atoms with Gasteiger partial charge in [0.15, 0.2) is 0 Å². The number of anilines is 2. The second-order valence-electron chi connectivity index (χ2n) is 5.52. The summed E-state index contributed by atoms with van der Waals surface area (Å²) < 4.78 is 0.728. The van der Waals surface area contributed by atoms with E-state index in [2.05, 4.69) is 26.6 Å². The van der Waals surface area contributed by atoms with Gasteiger partial charge in [-0.2, -0.15) is 0 Å². The number of carbonyl (C=O) groups excluding carboxylic acids is 2. The van der Waals surface area contributed by atoms with Gasteiger partial charge in [-0.25, -0.2) is 0 Å². The van der Waals surface area contributed by atoms with E-state index in [1.54, 1.807) is 18.2 Å². The van der Waals surface area contributed by atoms with Crippen LogP contribution in [0, 0.1) is 0 Å². The van der Waals surface area contributed by atoms with E-state index in [1.165, 1.54) is 0 Å². The third kappa shape index (κ3) is 3.54. The third-order valence-corrected chi connectivity index (χ3v) is 4.27. The fourth-order valence-electron chi connectivity index (χ4n) is 2.22. The van der Waals surface area contributed by atoms with Gasteiger partial charge in [0, 0.05) is 23.2 Å². The van der Waals surface area contributed by atoms with Crippen molar-refractivity contribution < 1.29 is 9.59 Å². The maximum Gasteiger partial charge on any atom is 0.240 e. The van der Waals surface area contributed by atoms with Crippen LogP contribution in [-0.2, 0) is 9.59 Å². The SMILES string of the molecule is CC1(C)C(=O)NCCN1CC(=O)Nc1ccc(N)cc1Br. The van der Waals surface area contributed by atoms with E-state index in [4.69, 9.17) is 5.73 Å². The van der Waals surface area contributed by atoms with Gasteiger partial charge in [0.25, 0.3) is 0 Å². The molecule has 0 spiro atoms. The van der Waals surface area contributed by atoms with Gasteiger partial charge < -0.3 is 16.4 Å². The summed E-state index contributed by atoms with van der Waals surface area (Å²) in [5.41, 5.74) is 6.26. The average molecular weight is 355 g/mol. The minimum Gasteiger partial charge on any atom is -0.399 e. The number of nitrogens with one attached hydrogen (secondary N) is 2. The summed E-state index contributed by atoms with van der Waals surface area (Å²) in [6.45, 7) is 5.00. The summed E-state index contributed by atoms with van der Waals surface area (Å²) >= 11 is 3.36. The summed E-state index contributed by atoms with van der Waals surface area (Å²) in [6, 6.07) is 5.19. The lowest BCUT2D eigenvalue weighted by Crippen LogP contribution is -2.62. The number of benzene rings is 1. The second-order valence-corrected chi connectivity index (χ2v) is 6.38. The average Bonchev–Trinajstić information content (AvgIpc) is 2.39. The Bertz CT molecular complexity index is 574. The Labute approximate surface area is 132 Å². The van der Waals surface area contributed by atoms with E-state index in [-0.39, 0.29) is 18.4 Å². The number of nitrogen functional groups attached to an aromatic ring is 1. The molecule has 1 saturated heterocycles. The molecule has 2 amide bonds. The molecule has 0 unspecified atom stereocenters. The molecule has 0 bridgehead atoms. The van der Waals surface area contributed by atoms with Gasteiger partial charge in [-0.3, -0.25) is 14.5 Å². The number of amides is 2. The number of carbonyl (C=O) groups is 2. The number of nitrogens with two attached hydrogens (primary N) is 1. The Kier molecular flexibility index (Phi) is 4.53. The highest BCUT2D eigenvalue weighted by atomic mass is 79.9. The maximum atomic E-state index is 12.2. The zero-order chi connectivity index (χ0) is 15.6. The molecule has 6 nitrogen and oxygen atoms in total. The van der Waals surface area contributed by atoms with Gasteiger partial charge >= 0.3 is 0 Å². The molecule has 7 heteroatoms. The van der Waals surface area contributed by atoms with E-state index in [0.29, 0.717) is 24.5 Å². The smallest absolute Gasteiger partial charge is 0.240 e. The number of rotatable bonds is 3. The Balaban J connectivity index is 2.03. The van der Waals surface area contributed by atoms with Gasteiger partial charge in [0.05, 0.1) is 17.8 Å². The van der Waals surface area contributed by atoms with Crippen molar-refractivity contribution in [3.05, 3.63) is 22.7 Å². The topological polar surface area (TPSA) is 87.5 Å². The lowest BCUT2D eigenvalue weighted by Gasteiger charge is -2.40. The quantitative estimate of drug-likeness (QED) is 0.711. The zero-order valence-electron chi connectivity index (χ0n) is 12.1. The first-order chi connectivity index (χ1) is 9.80. The highest BCUT2D eigenvalue weighted by Crippen LogP contribution is 2.25. The van der Waals surface area contributed by atoms with E-state index in [0.717, 1.165) is 4.47 Å². The van der Waals surface area contributed by atoms with Gasteiger partial charge in [-0.05, 0) is 48.0 Å². The van der Waals surface area contributed by atoms with Crippen molar-refractivity contribution in [3.63, 3.8) is 0 Å². The lowest BCUT2D eigenvalue weighted by atomic mass is 9.99. The Hall–Kier alpha value is -1.60. The van der Waals surface area contributed by atoms with E-state index in [1.807, 2.05) is 18.7 Å². The Morgan fingerprint density at radius 2 is 2.24 bits per heavy atom. The predicted octanol–water partition coefficient (Wildman–Crippen LogP) is 1.18. The van der Waals surface area contributed by atoms with Crippen LogP contribution >= 0.6 is 15.9 Å². The van der Waals surface area contributed by atoms with E-state index < -0.39 is 5.54 Å².